The summed E-state index contributed by atoms with van der Waals surface area (Å²) in [6.45, 7) is 2.91. The molecule has 18 heavy (non-hydrogen) atoms. The molecule has 4 heteroatoms. The fraction of sp³-hybridized carbons (Fsp3) is 0.571. The largest absolute Gasteiger partial charge is 0.454 e. The number of hydrogen-bond donors (Lipinski definition) is 1. The van der Waals surface area contributed by atoms with Crippen LogP contribution >= 0.6 is 0 Å². The molecule has 1 unspecified atom stereocenters. The van der Waals surface area contributed by atoms with Crippen LogP contribution in [0.15, 0.2) is 12.1 Å². The van der Waals surface area contributed by atoms with E-state index in [-0.39, 0.29) is 11.5 Å². The summed E-state index contributed by atoms with van der Waals surface area (Å²) < 4.78 is 16.3. The van der Waals surface area contributed by atoms with Gasteiger partial charge in [-0.3, -0.25) is 0 Å². The van der Waals surface area contributed by atoms with E-state index in [4.69, 9.17) is 19.9 Å². The molecule has 0 saturated heterocycles. The maximum atomic E-state index is 6.16. The monoisotopic (exact) mass is 249 g/mol. The first-order valence-electron chi connectivity index (χ1n) is 6.35. The Labute approximate surface area is 107 Å². The second-order valence-corrected chi connectivity index (χ2v) is 5.20. The third-order valence-corrected chi connectivity index (χ3v) is 4.13. The standard InChI is InChI=1S/C14H19NO3/c1-9(15)14(5-6-14)11-3-4-12-13(18-8-17-12)10(11)7-16-2/h3-4,9H,5-8,15H2,1-2H3. The van der Waals surface area contributed by atoms with Crippen LogP contribution in [0.1, 0.15) is 30.9 Å². The molecule has 1 fully saturated rings. The third-order valence-electron chi connectivity index (χ3n) is 4.13. The molecule has 2 aliphatic rings. The Morgan fingerprint density at radius 3 is 2.78 bits per heavy atom. The van der Waals surface area contributed by atoms with Crippen molar-refractivity contribution in [2.75, 3.05) is 13.9 Å². The van der Waals surface area contributed by atoms with Crippen molar-refractivity contribution >= 4 is 0 Å². The van der Waals surface area contributed by atoms with Crippen molar-refractivity contribution in [3.63, 3.8) is 0 Å². The van der Waals surface area contributed by atoms with Crippen LogP contribution in [-0.2, 0) is 16.8 Å². The SMILES string of the molecule is COCc1c(C2(C(C)N)CC2)ccc2c1OCO2. The first kappa shape index (κ1) is 11.8. The molecule has 0 aromatic heterocycles. The molecule has 0 radical (unpaired) electrons. The number of nitrogens with two attached hydrogens (primary N) is 1. The van der Waals surface area contributed by atoms with Crippen LogP contribution in [0.3, 0.4) is 0 Å². The van der Waals surface area contributed by atoms with Crippen molar-refractivity contribution in [3.05, 3.63) is 23.3 Å². The van der Waals surface area contributed by atoms with Crippen molar-refractivity contribution in [2.24, 2.45) is 5.73 Å². The molecular weight excluding hydrogens is 230 g/mol. The molecule has 1 aliphatic carbocycles. The van der Waals surface area contributed by atoms with Gasteiger partial charge < -0.3 is 19.9 Å². The van der Waals surface area contributed by atoms with Gasteiger partial charge in [-0.05, 0) is 31.4 Å². The predicted octanol–water partition coefficient (Wildman–Crippen LogP) is 1.94. The second kappa shape index (κ2) is 4.14. The molecule has 3 rings (SSSR count). The number of ether oxygens (including phenoxy) is 3. The summed E-state index contributed by atoms with van der Waals surface area (Å²) in [6.07, 6.45) is 2.28. The number of hydrogen-bond acceptors (Lipinski definition) is 4. The number of fused-ring (bicyclic) bond motifs is 1. The molecule has 1 aromatic carbocycles. The number of methoxy groups -OCH3 is 1. The Morgan fingerprint density at radius 1 is 1.39 bits per heavy atom. The Morgan fingerprint density at radius 2 is 2.17 bits per heavy atom. The predicted molar refractivity (Wildman–Crippen MR) is 67.8 cm³/mol. The first-order valence-corrected chi connectivity index (χ1v) is 6.35. The highest BCUT2D eigenvalue weighted by atomic mass is 16.7. The second-order valence-electron chi connectivity index (χ2n) is 5.20. The summed E-state index contributed by atoms with van der Waals surface area (Å²) in [5, 5.41) is 0. The molecule has 98 valence electrons. The zero-order chi connectivity index (χ0) is 12.8. The van der Waals surface area contributed by atoms with Gasteiger partial charge in [0.25, 0.3) is 0 Å². The summed E-state index contributed by atoms with van der Waals surface area (Å²) >= 11 is 0. The van der Waals surface area contributed by atoms with Gasteiger partial charge in [0, 0.05) is 24.1 Å². The fourth-order valence-corrected chi connectivity index (χ4v) is 2.89. The van der Waals surface area contributed by atoms with Crippen molar-refractivity contribution < 1.29 is 14.2 Å². The van der Waals surface area contributed by atoms with Gasteiger partial charge in [0.2, 0.25) is 6.79 Å². The summed E-state index contributed by atoms with van der Waals surface area (Å²) in [5.74, 6) is 1.65. The van der Waals surface area contributed by atoms with Crippen LogP contribution in [0.5, 0.6) is 11.5 Å². The van der Waals surface area contributed by atoms with Crippen molar-refractivity contribution in [3.8, 4) is 11.5 Å². The average Bonchev–Trinajstić information content (AvgIpc) is 3.01. The van der Waals surface area contributed by atoms with Gasteiger partial charge in [0.15, 0.2) is 11.5 Å². The van der Waals surface area contributed by atoms with Crippen LogP contribution in [-0.4, -0.2) is 19.9 Å². The van der Waals surface area contributed by atoms with E-state index in [9.17, 15) is 0 Å². The summed E-state index contributed by atoms with van der Waals surface area (Å²) in [6, 6.07) is 4.26. The minimum absolute atomic E-state index is 0.106. The third kappa shape index (κ3) is 1.60. The minimum atomic E-state index is 0.106. The van der Waals surface area contributed by atoms with Crippen molar-refractivity contribution in [2.45, 2.75) is 37.8 Å². The Bertz CT molecular complexity index is 466. The van der Waals surface area contributed by atoms with Crippen LogP contribution < -0.4 is 15.2 Å². The van der Waals surface area contributed by atoms with Gasteiger partial charge in [-0.2, -0.15) is 0 Å². The van der Waals surface area contributed by atoms with Crippen LogP contribution in [0.4, 0.5) is 0 Å². The van der Waals surface area contributed by atoms with Crippen LogP contribution in [0.2, 0.25) is 0 Å². The van der Waals surface area contributed by atoms with E-state index in [0.29, 0.717) is 13.4 Å². The summed E-state index contributed by atoms with van der Waals surface area (Å²) in [5.41, 5.74) is 8.63. The van der Waals surface area contributed by atoms with Gasteiger partial charge in [-0.1, -0.05) is 6.07 Å². The number of benzene rings is 1. The van der Waals surface area contributed by atoms with E-state index in [0.717, 1.165) is 29.9 Å². The highest BCUT2D eigenvalue weighted by Gasteiger charge is 2.49. The molecule has 1 aliphatic heterocycles. The molecule has 0 spiro atoms. The van der Waals surface area contributed by atoms with E-state index < -0.39 is 0 Å². The van der Waals surface area contributed by atoms with Gasteiger partial charge in [-0.25, -0.2) is 0 Å². The van der Waals surface area contributed by atoms with E-state index in [1.807, 2.05) is 6.07 Å². The molecule has 2 N–H and O–H groups in total. The fourth-order valence-electron chi connectivity index (χ4n) is 2.89. The normalized spacial score (nSPS) is 20.8. The van der Waals surface area contributed by atoms with E-state index >= 15 is 0 Å². The van der Waals surface area contributed by atoms with Crippen molar-refractivity contribution in [1.82, 2.24) is 0 Å². The molecule has 1 heterocycles. The lowest BCUT2D eigenvalue weighted by molar-refractivity contribution is 0.162. The summed E-state index contributed by atoms with van der Waals surface area (Å²) in [4.78, 5) is 0. The minimum Gasteiger partial charge on any atom is -0.454 e. The lowest BCUT2D eigenvalue weighted by Crippen LogP contribution is -2.32. The molecule has 0 bridgehead atoms. The molecule has 1 aromatic rings. The first-order chi connectivity index (χ1) is 8.69. The van der Waals surface area contributed by atoms with Gasteiger partial charge in [0.05, 0.1) is 6.61 Å². The van der Waals surface area contributed by atoms with Gasteiger partial charge in [0.1, 0.15) is 0 Å². The lowest BCUT2D eigenvalue weighted by atomic mass is 9.85. The zero-order valence-corrected chi connectivity index (χ0v) is 10.9. The topological polar surface area (TPSA) is 53.7 Å². The molecule has 1 atom stereocenters. The molecule has 4 nitrogen and oxygen atoms in total. The smallest absolute Gasteiger partial charge is 0.231 e. The highest BCUT2D eigenvalue weighted by Crippen LogP contribution is 2.54. The maximum Gasteiger partial charge on any atom is 0.231 e. The van der Waals surface area contributed by atoms with E-state index in [2.05, 4.69) is 13.0 Å². The van der Waals surface area contributed by atoms with E-state index in [1.165, 1.54) is 5.56 Å². The van der Waals surface area contributed by atoms with Gasteiger partial charge >= 0.3 is 0 Å². The molecule has 1 saturated carbocycles. The quantitative estimate of drug-likeness (QED) is 0.886. The van der Waals surface area contributed by atoms with Crippen molar-refractivity contribution in [1.29, 1.82) is 0 Å². The zero-order valence-electron chi connectivity index (χ0n) is 10.9. The number of rotatable bonds is 4. The van der Waals surface area contributed by atoms with Gasteiger partial charge in [-0.15, -0.1) is 0 Å². The average molecular weight is 249 g/mol. The summed E-state index contributed by atoms with van der Waals surface area (Å²) in [7, 11) is 1.70. The lowest BCUT2D eigenvalue weighted by Gasteiger charge is -2.24. The van der Waals surface area contributed by atoms with Crippen LogP contribution in [0, 0.1) is 0 Å². The maximum absolute atomic E-state index is 6.16. The van der Waals surface area contributed by atoms with Crippen LogP contribution in [0.25, 0.3) is 0 Å². The molecule has 0 amide bonds. The van der Waals surface area contributed by atoms with E-state index in [1.54, 1.807) is 7.11 Å². The molecular formula is C14H19NO3. The Hall–Kier alpha value is -1.26. The Kier molecular flexibility index (Phi) is 2.72. The highest BCUT2D eigenvalue weighted by molar-refractivity contribution is 5.55. The Balaban J connectivity index is 2.09.